The van der Waals surface area contributed by atoms with Crippen LogP contribution in [0.25, 0.3) is 0 Å². The van der Waals surface area contributed by atoms with Crippen LogP contribution in [-0.4, -0.2) is 23.9 Å². The van der Waals surface area contributed by atoms with Gasteiger partial charge in [-0.1, -0.05) is 31.5 Å². The second kappa shape index (κ2) is 9.62. The van der Waals surface area contributed by atoms with Crippen molar-refractivity contribution < 1.29 is 21.6 Å². The Morgan fingerprint density at radius 3 is 1.91 bits per heavy atom. The number of ether oxygens (including phenoxy) is 1. The van der Waals surface area contributed by atoms with E-state index in [2.05, 4.69) is 9.44 Å². The third kappa shape index (κ3) is 5.79. The number of hydrogen-bond donors (Lipinski definition) is 2. The van der Waals surface area contributed by atoms with E-state index in [9.17, 15) is 16.8 Å². The van der Waals surface area contributed by atoms with Gasteiger partial charge in [0, 0.05) is 10.7 Å². The second-order valence-electron chi connectivity index (χ2n) is 7.76. The van der Waals surface area contributed by atoms with Gasteiger partial charge in [-0.3, -0.25) is 9.44 Å². The average Bonchev–Trinajstić information content (AvgIpc) is 2.75. The minimum absolute atomic E-state index is 0.0197. The van der Waals surface area contributed by atoms with Crippen LogP contribution >= 0.6 is 11.6 Å². The number of benzene rings is 3. The molecule has 10 heteroatoms. The Balaban J connectivity index is 1.81. The molecule has 33 heavy (non-hydrogen) atoms. The van der Waals surface area contributed by atoms with Gasteiger partial charge in [-0.25, -0.2) is 16.8 Å². The lowest BCUT2D eigenvalue weighted by Crippen LogP contribution is -2.15. The highest BCUT2D eigenvalue weighted by molar-refractivity contribution is 7.93. The molecule has 0 aliphatic rings. The summed E-state index contributed by atoms with van der Waals surface area (Å²) in [6.07, 6.45) is 0. The molecule has 3 aromatic carbocycles. The summed E-state index contributed by atoms with van der Waals surface area (Å²) in [5.74, 6) is 0.677. The molecule has 3 aromatic rings. The minimum atomic E-state index is -3.89. The van der Waals surface area contributed by atoms with Gasteiger partial charge in [0.05, 0.1) is 22.6 Å². The van der Waals surface area contributed by atoms with Crippen LogP contribution in [0.5, 0.6) is 5.75 Å². The highest BCUT2D eigenvalue weighted by Gasteiger charge is 2.19. The van der Waals surface area contributed by atoms with Crippen molar-refractivity contribution in [2.24, 2.45) is 0 Å². The molecule has 0 spiro atoms. The SMILES string of the molecule is COc1ccc(S(=O)(=O)Nc2ccc(S(=O)(=O)Nc3ccc(C)c(Cl)c3)cc2)cc1C(C)C. The largest absolute Gasteiger partial charge is 0.496 e. The molecule has 0 radical (unpaired) electrons. The molecule has 0 saturated heterocycles. The monoisotopic (exact) mass is 508 g/mol. The summed E-state index contributed by atoms with van der Waals surface area (Å²) in [4.78, 5) is 0.0651. The number of methoxy groups -OCH3 is 1. The second-order valence-corrected chi connectivity index (χ2v) is 11.5. The van der Waals surface area contributed by atoms with Crippen molar-refractivity contribution in [1.29, 1.82) is 0 Å². The number of sulfonamides is 2. The molecule has 0 atom stereocenters. The maximum atomic E-state index is 12.9. The number of aryl methyl sites for hydroxylation is 1. The van der Waals surface area contributed by atoms with E-state index in [-0.39, 0.29) is 21.4 Å². The van der Waals surface area contributed by atoms with Crippen LogP contribution in [0, 0.1) is 6.92 Å². The van der Waals surface area contributed by atoms with Gasteiger partial charge in [0.2, 0.25) is 0 Å². The lowest BCUT2D eigenvalue weighted by Gasteiger charge is -2.15. The van der Waals surface area contributed by atoms with Crippen LogP contribution in [0.15, 0.2) is 70.5 Å². The molecule has 176 valence electrons. The number of hydrogen-bond acceptors (Lipinski definition) is 5. The van der Waals surface area contributed by atoms with Gasteiger partial charge in [0.25, 0.3) is 20.0 Å². The van der Waals surface area contributed by atoms with Gasteiger partial charge in [-0.05, 0) is 78.6 Å². The maximum Gasteiger partial charge on any atom is 0.261 e. The zero-order valence-corrected chi connectivity index (χ0v) is 21.0. The summed E-state index contributed by atoms with van der Waals surface area (Å²) in [5.41, 5.74) is 2.16. The lowest BCUT2D eigenvalue weighted by molar-refractivity contribution is 0.407. The molecule has 3 rings (SSSR count). The Labute approximate surface area is 199 Å². The lowest BCUT2D eigenvalue weighted by atomic mass is 10.0. The van der Waals surface area contributed by atoms with Crippen molar-refractivity contribution in [1.82, 2.24) is 0 Å². The Morgan fingerprint density at radius 1 is 0.788 bits per heavy atom. The maximum absolute atomic E-state index is 12.9. The van der Waals surface area contributed by atoms with Crippen LogP contribution < -0.4 is 14.2 Å². The molecule has 0 aliphatic heterocycles. The zero-order chi connectivity index (χ0) is 24.4. The molecule has 0 fully saturated rings. The predicted molar refractivity (Wildman–Crippen MR) is 131 cm³/mol. The van der Waals surface area contributed by atoms with Gasteiger partial charge < -0.3 is 4.74 Å². The number of nitrogens with one attached hydrogen (secondary N) is 2. The van der Waals surface area contributed by atoms with Crippen molar-refractivity contribution in [2.75, 3.05) is 16.6 Å². The summed E-state index contributed by atoms with van der Waals surface area (Å²) in [5, 5.41) is 0.444. The molecule has 0 amide bonds. The molecule has 2 N–H and O–H groups in total. The summed E-state index contributed by atoms with van der Waals surface area (Å²) < 4.78 is 61.3. The molecule has 0 aliphatic carbocycles. The first-order valence-corrected chi connectivity index (χ1v) is 13.4. The molecular formula is C23H25ClN2O5S2. The Morgan fingerprint density at radius 2 is 1.33 bits per heavy atom. The fourth-order valence-electron chi connectivity index (χ4n) is 3.12. The van der Waals surface area contributed by atoms with E-state index in [0.29, 0.717) is 16.5 Å². The summed E-state index contributed by atoms with van der Waals surface area (Å²) in [6, 6.07) is 14.9. The zero-order valence-electron chi connectivity index (χ0n) is 18.6. The first-order chi connectivity index (χ1) is 15.4. The van der Waals surface area contributed by atoms with E-state index in [1.54, 1.807) is 24.3 Å². The van der Waals surface area contributed by atoms with Crippen molar-refractivity contribution in [3.63, 3.8) is 0 Å². The summed E-state index contributed by atoms with van der Waals surface area (Å²) in [6.45, 7) is 5.70. The van der Waals surface area contributed by atoms with Crippen molar-refractivity contribution >= 4 is 43.0 Å². The first kappa shape index (κ1) is 24.9. The Kier molecular flexibility index (Phi) is 7.26. The molecule has 0 aromatic heterocycles. The highest BCUT2D eigenvalue weighted by atomic mass is 35.5. The molecule has 0 heterocycles. The highest BCUT2D eigenvalue weighted by Crippen LogP contribution is 2.30. The van der Waals surface area contributed by atoms with Gasteiger partial charge in [-0.15, -0.1) is 0 Å². The van der Waals surface area contributed by atoms with E-state index in [4.69, 9.17) is 16.3 Å². The Bertz CT molecular complexity index is 1370. The predicted octanol–water partition coefficient (Wildman–Crippen LogP) is 5.38. The number of anilines is 2. The van der Waals surface area contributed by atoms with Crippen molar-refractivity contribution in [3.05, 3.63) is 76.8 Å². The quantitative estimate of drug-likeness (QED) is 0.425. The summed E-state index contributed by atoms with van der Waals surface area (Å²) >= 11 is 6.06. The van der Waals surface area contributed by atoms with Gasteiger partial charge in [0.15, 0.2) is 0 Å². The van der Waals surface area contributed by atoms with Crippen molar-refractivity contribution in [3.8, 4) is 5.75 Å². The molecule has 0 unspecified atom stereocenters. The normalized spacial score (nSPS) is 11.9. The molecular weight excluding hydrogens is 484 g/mol. The van der Waals surface area contributed by atoms with E-state index in [0.717, 1.165) is 11.1 Å². The molecule has 7 nitrogen and oxygen atoms in total. The van der Waals surface area contributed by atoms with Crippen LogP contribution in [0.2, 0.25) is 5.02 Å². The van der Waals surface area contributed by atoms with E-state index in [1.807, 2.05) is 20.8 Å². The fourth-order valence-corrected chi connectivity index (χ4v) is 5.44. The molecule has 0 saturated carbocycles. The average molecular weight is 509 g/mol. The smallest absolute Gasteiger partial charge is 0.261 e. The minimum Gasteiger partial charge on any atom is -0.496 e. The van der Waals surface area contributed by atoms with Gasteiger partial charge in [-0.2, -0.15) is 0 Å². The van der Waals surface area contributed by atoms with E-state index in [1.165, 1.54) is 43.5 Å². The third-order valence-corrected chi connectivity index (χ3v) is 8.16. The van der Waals surface area contributed by atoms with Crippen LogP contribution in [0.1, 0.15) is 30.9 Å². The van der Waals surface area contributed by atoms with Gasteiger partial charge >= 0.3 is 0 Å². The van der Waals surface area contributed by atoms with E-state index < -0.39 is 20.0 Å². The molecule has 0 bridgehead atoms. The van der Waals surface area contributed by atoms with Crippen LogP contribution in [-0.2, 0) is 20.0 Å². The van der Waals surface area contributed by atoms with Crippen molar-refractivity contribution in [2.45, 2.75) is 36.5 Å². The summed E-state index contributed by atoms with van der Waals surface area (Å²) in [7, 11) is -6.23. The topological polar surface area (TPSA) is 102 Å². The Hall–Kier alpha value is -2.75. The fraction of sp³-hybridized carbons (Fsp3) is 0.217. The standard InChI is InChI=1S/C23H25ClN2O5S2/c1-15(2)21-14-20(11-12-23(21)31-4)33(29,30)25-17-7-9-19(10-8-17)32(27,28)26-18-6-5-16(3)22(24)13-18/h5-15,25-26H,1-4H3. The van der Waals surface area contributed by atoms with Crippen LogP contribution in [0.3, 0.4) is 0 Å². The first-order valence-electron chi connectivity index (χ1n) is 10.0. The van der Waals surface area contributed by atoms with E-state index >= 15 is 0 Å². The third-order valence-electron chi connectivity index (χ3n) is 4.97. The van der Waals surface area contributed by atoms with Gasteiger partial charge in [0.1, 0.15) is 5.75 Å². The number of halogens is 1. The van der Waals surface area contributed by atoms with Crippen LogP contribution in [0.4, 0.5) is 11.4 Å². The number of rotatable bonds is 8.